The third-order valence-electron chi connectivity index (χ3n) is 5.59. The molecule has 1 saturated heterocycles. The van der Waals surface area contributed by atoms with Gasteiger partial charge in [-0.2, -0.15) is 0 Å². The first-order chi connectivity index (χ1) is 16.9. The summed E-state index contributed by atoms with van der Waals surface area (Å²) in [4.78, 5) is 21.2. The van der Waals surface area contributed by atoms with Gasteiger partial charge in [-0.05, 0) is 107 Å². The smallest absolute Gasteiger partial charge is 0.338 e. The first-order valence-corrected chi connectivity index (χ1v) is 14.2. The molecule has 1 fully saturated rings. The van der Waals surface area contributed by atoms with Gasteiger partial charge >= 0.3 is 5.97 Å². The fraction of sp³-hybridized carbons (Fsp3) is 0.308. The quantitative estimate of drug-likeness (QED) is 0.237. The maximum absolute atomic E-state index is 13.0. The van der Waals surface area contributed by atoms with Crippen LogP contribution in [0.3, 0.4) is 0 Å². The van der Waals surface area contributed by atoms with Gasteiger partial charge in [0.15, 0.2) is 5.17 Å². The molecule has 0 N–H and O–H groups in total. The summed E-state index contributed by atoms with van der Waals surface area (Å²) >= 11 is 6.25. The molecule has 1 atom stereocenters. The third kappa shape index (κ3) is 5.66. The predicted molar refractivity (Wildman–Crippen MR) is 158 cm³/mol. The first kappa shape index (κ1) is 26.3. The van der Waals surface area contributed by atoms with Crippen molar-refractivity contribution in [2.75, 3.05) is 26.9 Å². The lowest BCUT2D eigenvalue weighted by Crippen LogP contribution is -2.36. The molecule has 2 heterocycles. The Morgan fingerprint density at radius 2 is 1.86 bits per heavy atom. The molecule has 4 rings (SSSR count). The summed E-state index contributed by atoms with van der Waals surface area (Å²) in [7, 11) is 1.69. The monoisotopic (exact) mass is 716 g/mol. The van der Waals surface area contributed by atoms with Gasteiger partial charge in [0.2, 0.25) is 0 Å². The van der Waals surface area contributed by atoms with E-state index in [2.05, 4.69) is 68.3 Å². The van der Waals surface area contributed by atoms with Crippen LogP contribution in [0.5, 0.6) is 11.5 Å². The Kier molecular flexibility index (Phi) is 8.69. The minimum absolute atomic E-state index is 0.285. The van der Waals surface area contributed by atoms with Crippen LogP contribution in [-0.2, 0) is 9.53 Å². The number of hydrogen-bond acceptors (Lipinski definition) is 7. The van der Waals surface area contributed by atoms with E-state index in [1.54, 1.807) is 18.9 Å². The normalized spacial score (nSPS) is 18.5. The van der Waals surface area contributed by atoms with E-state index >= 15 is 0 Å². The second kappa shape index (κ2) is 11.5. The van der Waals surface area contributed by atoms with Gasteiger partial charge < -0.3 is 19.1 Å². The second-order valence-electron chi connectivity index (χ2n) is 7.88. The van der Waals surface area contributed by atoms with Gasteiger partial charge in [0.05, 0.1) is 51.3 Å². The van der Waals surface area contributed by atoms with Crippen molar-refractivity contribution in [2.45, 2.75) is 26.8 Å². The molecule has 6 nitrogen and oxygen atoms in total. The molecule has 0 bridgehead atoms. The van der Waals surface area contributed by atoms with Gasteiger partial charge in [0.1, 0.15) is 11.5 Å². The number of methoxy groups -OCH3 is 1. The summed E-state index contributed by atoms with van der Waals surface area (Å²) < 4.78 is 18.7. The van der Waals surface area contributed by atoms with Crippen LogP contribution in [0.1, 0.15) is 37.9 Å². The third-order valence-corrected chi connectivity index (χ3v) is 8.21. The molecular formula is C26H26I2N2O4S. The Morgan fingerprint density at radius 1 is 1.17 bits per heavy atom. The number of esters is 1. The standard InChI is InChI=1S/C26H26I2N2O4S/c1-5-33-18-9-7-17(8-10-18)23-22(25(31)34-6-2)15(3)29-26-30(23)14-19(35-26)11-16-12-20(27)24(32-4)21(28)13-16/h7-13,23H,5-6,14H2,1-4H3/b19-11-/t23-/m1/s1. The van der Waals surface area contributed by atoms with E-state index in [1.807, 2.05) is 45.0 Å². The molecule has 0 aliphatic carbocycles. The molecule has 0 unspecified atom stereocenters. The summed E-state index contributed by atoms with van der Waals surface area (Å²) in [6.45, 7) is 7.24. The van der Waals surface area contributed by atoms with Gasteiger partial charge in [-0.25, -0.2) is 9.79 Å². The molecule has 0 amide bonds. The Labute approximate surface area is 237 Å². The largest absolute Gasteiger partial charge is 0.495 e. The van der Waals surface area contributed by atoms with E-state index in [9.17, 15) is 4.79 Å². The molecule has 2 aliphatic rings. The molecule has 2 aromatic carbocycles. The molecule has 0 spiro atoms. The Morgan fingerprint density at radius 3 is 2.46 bits per heavy atom. The van der Waals surface area contributed by atoms with Crippen molar-refractivity contribution in [3.05, 3.63) is 70.8 Å². The average Bonchev–Trinajstić information content (AvgIpc) is 3.20. The van der Waals surface area contributed by atoms with Gasteiger partial charge in [0, 0.05) is 4.91 Å². The zero-order chi connectivity index (χ0) is 25.1. The molecule has 2 aromatic rings. The Bertz CT molecular complexity index is 1200. The first-order valence-electron chi connectivity index (χ1n) is 11.2. The van der Waals surface area contributed by atoms with Crippen LogP contribution in [0.15, 0.2) is 57.6 Å². The minimum Gasteiger partial charge on any atom is -0.495 e. The molecule has 184 valence electrons. The van der Waals surface area contributed by atoms with E-state index in [0.717, 1.165) is 39.8 Å². The van der Waals surface area contributed by atoms with E-state index in [4.69, 9.17) is 19.2 Å². The van der Waals surface area contributed by atoms with E-state index in [0.29, 0.717) is 31.0 Å². The molecule has 9 heteroatoms. The summed E-state index contributed by atoms with van der Waals surface area (Å²) in [5, 5.41) is 0.888. The van der Waals surface area contributed by atoms with Gasteiger partial charge in [0.25, 0.3) is 0 Å². The predicted octanol–water partition coefficient (Wildman–Crippen LogP) is 6.64. The summed E-state index contributed by atoms with van der Waals surface area (Å²) in [6.07, 6.45) is 2.18. The molecular weight excluding hydrogens is 690 g/mol. The topological polar surface area (TPSA) is 60.4 Å². The summed E-state index contributed by atoms with van der Waals surface area (Å²) in [5.74, 6) is 1.37. The van der Waals surface area contributed by atoms with Gasteiger partial charge in [-0.3, -0.25) is 0 Å². The van der Waals surface area contributed by atoms with Crippen molar-refractivity contribution in [1.82, 2.24) is 4.90 Å². The lowest BCUT2D eigenvalue weighted by atomic mass is 9.94. The van der Waals surface area contributed by atoms with Crippen LogP contribution in [0, 0.1) is 7.14 Å². The molecule has 0 saturated carbocycles. The minimum atomic E-state index is -0.326. The number of hydrogen-bond donors (Lipinski definition) is 0. The van der Waals surface area contributed by atoms with Crippen molar-refractivity contribution in [3.63, 3.8) is 0 Å². The number of thioether (sulfide) groups is 1. The summed E-state index contributed by atoms with van der Waals surface area (Å²) in [6, 6.07) is 11.9. The maximum Gasteiger partial charge on any atom is 0.338 e. The zero-order valence-electron chi connectivity index (χ0n) is 19.9. The number of rotatable bonds is 7. The van der Waals surface area contributed by atoms with Gasteiger partial charge in [-0.15, -0.1) is 0 Å². The van der Waals surface area contributed by atoms with Crippen LogP contribution in [-0.4, -0.2) is 42.9 Å². The average molecular weight is 716 g/mol. The number of carbonyl (C=O) groups excluding carboxylic acids is 1. The van der Waals surface area contributed by atoms with Crippen molar-refractivity contribution in [2.24, 2.45) is 4.99 Å². The highest BCUT2D eigenvalue weighted by molar-refractivity contribution is 14.1. The Balaban J connectivity index is 1.71. The molecule has 0 aromatic heterocycles. The zero-order valence-corrected chi connectivity index (χ0v) is 25.1. The highest BCUT2D eigenvalue weighted by Crippen LogP contribution is 2.45. The van der Waals surface area contributed by atoms with Crippen LogP contribution < -0.4 is 9.47 Å². The molecule has 2 aliphatic heterocycles. The number of carbonyl (C=O) groups is 1. The maximum atomic E-state index is 13.0. The number of benzene rings is 2. The molecule has 35 heavy (non-hydrogen) atoms. The number of halogens is 2. The fourth-order valence-corrected chi connectivity index (χ4v) is 7.50. The van der Waals surface area contributed by atoms with Crippen molar-refractivity contribution in [3.8, 4) is 11.5 Å². The molecule has 0 radical (unpaired) electrons. The van der Waals surface area contributed by atoms with Crippen molar-refractivity contribution >= 4 is 74.2 Å². The lowest BCUT2D eigenvalue weighted by molar-refractivity contribution is -0.139. The number of amidine groups is 1. The van der Waals surface area contributed by atoms with Crippen molar-refractivity contribution < 1.29 is 19.0 Å². The second-order valence-corrected chi connectivity index (χ2v) is 11.3. The van der Waals surface area contributed by atoms with E-state index < -0.39 is 0 Å². The number of fused-ring (bicyclic) bond motifs is 1. The number of nitrogens with zero attached hydrogens (tertiary/aromatic N) is 2. The van der Waals surface area contributed by atoms with Crippen molar-refractivity contribution in [1.29, 1.82) is 0 Å². The van der Waals surface area contributed by atoms with Crippen LogP contribution in [0.4, 0.5) is 0 Å². The van der Waals surface area contributed by atoms with Crippen LogP contribution in [0.2, 0.25) is 0 Å². The van der Waals surface area contributed by atoms with Crippen LogP contribution >= 0.6 is 56.9 Å². The van der Waals surface area contributed by atoms with Gasteiger partial charge in [-0.1, -0.05) is 23.9 Å². The van der Waals surface area contributed by atoms with Crippen LogP contribution in [0.25, 0.3) is 6.08 Å². The summed E-state index contributed by atoms with van der Waals surface area (Å²) in [5.41, 5.74) is 3.38. The fourth-order valence-electron chi connectivity index (χ4n) is 4.14. The number of aliphatic imine (C=N–C) groups is 1. The highest BCUT2D eigenvalue weighted by atomic mass is 127. The number of ether oxygens (including phenoxy) is 3. The van der Waals surface area contributed by atoms with E-state index in [-0.39, 0.29) is 12.0 Å². The lowest BCUT2D eigenvalue weighted by Gasteiger charge is -2.34. The Hall–Kier alpha value is -1.73. The number of allylic oxidation sites excluding steroid dienone is 1. The van der Waals surface area contributed by atoms with E-state index in [1.165, 1.54) is 0 Å². The SMILES string of the molecule is CCOC(=O)C1=C(C)N=C2S/C(=C\c3cc(I)c(OC)c(I)c3)CN2[C@@H]1c1ccc(OCC)cc1. The highest BCUT2D eigenvalue weighted by Gasteiger charge is 2.40.